The summed E-state index contributed by atoms with van der Waals surface area (Å²) in [6.07, 6.45) is 1.04. The van der Waals surface area contributed by atoms with Gasteiger partial charge in [-0.3, -0.25) is 4.99 Å². The molecule has 0 saturated carbocycles. The van der Waals surface area contributed by atoms with Crippen LogP contribution in [0.5, 0.6) is 0 Å². The highest BCUT2D eigenvalue weighted by Gasteiger charge is 2.17. The fourth-order valence-corrected chi connectivity index (χ4v) is 2.76. The van der Waals surface area contributed by atoms with Crippen molar-refractivity contribution in [3.63, 3.8) is 0 Å². The molecule has 0 bridgehead atoms. The Morgan fingerprint density at radius 3 is 2.88 bits per heavy atom. The molecule has 1 aromatic carbocycles. The molecule has 1 atom stereocenters. The average Bonchev–Trinajstić information content (AvgIpc) is 2.54. The summed E-state index contributed by atoms with van der Waals surface area (Å²) in [5, 5.41) is 7.44. The van der Waals surface area contributed by atoms with Crippen molar-refractivity contribution in [2.45, 2.75) is 19.4 Å². The minimum Gasteiger partial charge on any atom is -0.374 e. The zero-order chi connectivity index (χ0) is 16.5. The monoisotopic (exact) mass is 466 g/mol. The Hall–Kier alpha value is -0.570. The second kappa shape index (κ2) is 11.9. The number of rotatable bonds is 6. The van der Waals surface area contributed by atoms with Gasteiger partial charge >= 0.3 is 0 Å². The molecule has 0 amide bonds. The summed E-state index contributed by atoms with van der Waals surface area (Å²) in [6.45, 7) is 7.08. The van der Waals surface area contributed by atoms with Crippen LogP contribution in [0.1, 0.15) is 12.5 Å². The topological polar surface area (TPSA) is 48.9 Å². The maximum Gasteiger partial charge on any atom is 0.191 e. The van der Waals surface area contributed by atoms with Crippen molar-refractivity contribution < 1.29 is 4.74 Å². The Bertz CT molecular complexity index is 515. The third-order valence-corrected chi connectivity index (χ3v) is 4.15. The predicted molar refractivity (Wildman–Crippen MR) is 112 cm³/mol. The van der Waals surface area contributed by atoms with Crippen LogP contribution in [0.3, 0.4) is 0 Å². The van der Waals surface area contributed by atoms with E-state index in [2.05, 4.69) is 40.6 Å². The molecule has 1 unspecified atom stereocenters. The van der Waals surface area contributed by atoms with E-state index in [0.29, 0.717) is 6.54 Å². The van der Waals surface area contributed by atoms with Gasteiger partial charge in [0.15, 0.2) is 5.96 Å². The van der Waals surface area contributed by atoms with Crippen molar-refractivity contribution in [1.82, 2.24) is 15.5 Å². The lowest BCUT2D eigenvalue weighted by molar-refractivity contribution is -0.0136. The van der Waals surface area contributed by atoms with E-state index in [1.807, 2.05) is 18.2 Å². The van der Waals surface area contributed by atoms with Crippen LogP contribution in [-0.4, -0.2) is 63.3 Å². The van der Waals surface area contributed by atoms with Gasteiger partial charge in [-0.2, -0.15) is 0 Å². The summed E-state index contributed by atoms with van der Waals surface area (Å²) in [4.78, 5) is 6.91. The first-order valence-electron chi connectivity index (χ1n) is 8.24. The van der Waals surface area contributed by atoms with Gasteiger partial charge in [0.05, 0.1) is 19.3 Å². The maximum atomic E-state index is 6.18. The summed E-state index contributed by atoms with van der Waals surface area (Å²) in [5.74, 6) is 0.830. The molecule has 0 aliphatic carbocycles. The fraction of sp³-hybridized carbons (Fsp3) is 0.588. The largest absolute Gasteiger partial charge is 0.374 e. The number of guanidine groups is 1. The van der Waals surface area contributed by atoms with Gasteiger partial charge in [-0.1, -0.05) is 29.8 Å². The molecule has 136 valence electrons. The van der Waals surface area contributed by atoms with Crippen LogP contribution in [0.4, 0.5) is 0 Å². The molecule has 0 radical (unpaired) electrons. The van der Waals surface area contributed by atoms with Gasteiger partial charge in [0.25, 0.3) is 0 Å². The summed E-state index contributed by atoms with van der Waals surface area (Å²) in [6, 6.07) is 7.94. The number of halogens is 2. The summed E-state index contributed by atoms with van der Waals surface area (Å²) < 4.78 is 5.74. The quantitative estimate of drug-likeness (QED) is 0.384. The first-order valence-corrected chi connectivity index (χ1v) is 8.62. The Kier molecular flexibility index (Phi) is 10.6. The van der Waals surface area contributed by atoms with Gasteiger partial charge in [-0.25, -0.2) is 0 Å². The first kappa shape index (κ1) is 21.5. The minimum atomic E-state index is 0. The fourth-order valence-electron chi connectivity index (χ4n) is 2.53. The molecule has 1 aromatic rings. The van der Waals surface area contributed by atoms with E-state index in [4.69, 9.17) is 16.3 Å². The predicted octanol–water partition coefficient (Wildman–Crippen LogP) is 2.39. The zero-order valence-corrected chi connectivity index (χ0v) is 17.5. The molecule has 1 heterocycles. The van der Waals surface area contributed by atoms with E-state index < -0.39 is 0 Å². The van der Waals surface area contributed by atoms with Gasteiger partial charge in [0.1, 0.15) is 0 Å². The number of aliphatic imine (C=N–C) groups is 1. The van der Waals surface area contributed by atoms with Crippen LogP contribution in [0, 0.1) is 0 Å². The molecule has 5 nitrogen and oxygen atoms in total. The summed E-state index contributed by atoms with van der Waals surface area (Å²) in [5.41, 5.74) is 1.15. The number of likely N-dealkylation sites (N-methyl/N-ethyl adjacent to an activating group) is 1. The van der Waals surface area contributed by atoms with Gasteiger partial charge < -0.3 is 20.3 Å². The van der Waals surface area contributed by atoms with Gasteiger partial charge in [-0.15, -0.1) is 24.0 Å². The normalized spacial score (nSPS) is 18.8. The van der Waals surface area contributed by atoms with Crippen molar-refractivity contribution in [3.05, 3.63) is 34.9 Å². The maximum absolute atomic E-state index is 6.18. The number of hydrogen-bond donors (Lipinski definition) is 2. The molecule has 1 aliphatic heterocycles. The van der Waals surface area contributed by atoms with Gasteiger partial charge in [0.2, 0.25) is 0 Å². The molecular weight excluding hydrogens is 439 g/mol. The lowest BCUT2D eigenvalue weighted by Gasteiger charge is -2.29. The number of nitrogens with zero attached hydrogens (tertiary/aromatic N) is 2. The lowest BCUT2D eigenvalue weighted by Crippen LogP contribution is -2.43. The average molecular weight is 467 g/mol. The third kappa shape index (κ3) is 7.55. The van der Waals surface area contributed by atoms with E-state index in [0.717, 1.165) is 55.8 Å². The van der Waals surface area contributed by atoms with Crippen LogP contribution in [0.2, 0.25) is 5.02 Å². The Morgan fingerprint density at radius 1 is 1.38 bits per heavy atom. The van der Waals surface area contributed by atoms with Crippen molar-refractivity contribution in [2.24, 2.45) is 4.99 Å². The molecule has 1 saturated heterocycles. The Labute approximate surface area is 167 Å². The van der Waals surface area contributed by atoms with E-state index in [1.165, 1.54) is 0 Å². The van der Waals surface area contributed by atoms with Crippen LogP contribution < -0.4 is 10.6 Å². The van der Waals surface area contributed by atoms with Crippen LogP contribution in [0.25, 0.3) is 0 Å². The van der Waals surface area contributed by atoms with E-state index in [-0.39, 0.29) is 30.1 Å². The van der Waals surface area contributed by atoms with Gasteiger partial charge in [0, 0.05) is 31.2 Å². The van der Waals surface area contributed by atoms with E-state index in [9.17, 15) is 0 Å². The van der Waals surface area contributed by atoms with E-state index >= 15 is 0 Å². The first-order chi connectivity index (χ1) is 11.2. The highest BCUT2D eigenvalue weighted by molar-refractivity contribution is 14.0. The van der Waals surface area contributed by atoms with Gasteiger partial charge in [-0.05, 0) is 32.0 Å². The molecule has 0 spiro atoms. The van der Waals surface area contributed by atoms with Crippen molar-refractivity contribution >= 4 is 41.5 Å². The lowest BCUT2D eigenvalue weighted by atomic mass is 10.1. The summed E-state index contributed by atoms with van der Waals surface area (Å²) >= 11 is 6.18. The minimum absolute atomic E-state index is 0. The Balaban J connectivity index is 0.00000288. The zero-order valence-electron chi connectivity index (χ0n) is 14.4. The van der Waals surface area contributed by atoms with Crippen molar-refractivity contribution in [1.29, 1.82) is 0 Å². The van der Waals surface area contributed by atoms with E-state index in [1.54, 1.807) is 0 Å². The summed E-state index contributed by atoms with van der Waals surface area (Å²) in [7, 11) is 2.12. The number of benzene rings is 1. The van der Waals surface area contributed by atoms with Crippen LogP contribution in [-0.2, 0) is 11.2 Å². The standard InChI is InChI=1S/C17H27ClN4O.HI/c1-3-19-17(21-12-15-13-22(2)10-11-23-15)20-9-8-14-6-4-5-7-16(14)18;/h4-7,15H,3,8-13H2,1-2H3,(H2,19,20,21);1H. The van der Waals surface area contributed by atoms with Crippen molar-refractivity contribution in [2.75, 3.05) is 46.4 Å². The molecule has 1 fully saturated rings. The Morgan fingerprint density at radius 2 is 2.17 bits per heavy atom. The second-order valence-corrected chi connectivity index (χ2v) is 6.15. The molecule has 24 heavy (non-hydrogen) atoms. The third-order valence-electron chi connectivity index (χ3n) is 3.78. The molecule has 2 N–H and O–H groups in total. The number of ether oxygens (including phenoxy) is 1. The number of hydrogen-bond acceptors (Lipinski definition) is 3. The molecule has 2 rings (SSSR count). The molecule has 1 aliphatic rings. The highest BCUT2D eigenvalue weighted by atomic mass is 127. The number of nitrogens with one attached hydrogen (secondary N) is 2. The smallest absolute Gasteiger partial charge is 0.191 e. The van der Waals surface area contributed by atoms with Crippen molar-refractivity contribution in [3.8, 4) is 0 Å². The van der Waals surface area contributed by atoms with Crippen LogP contribution in [0.15, 0.2) is 29.3 Å². The number of morpholine rings is 1. The second-order valence-electron chi connectivity index (χ2n) is 5.74. The molecule has 0 aromatic heterocycles. The van der Waals surface area contributed by atoms with Crippen LogP contribution >= 0.6 is 35.6 Å². The molecular formula is C17H28ClIN4O. The molecule has 7 heteroatoms. The SMILES string of the molecule is CCNC(=NCC1CN(C)CCO1)NCCc1ccccc1Cl.I. The highest BCUT2D eigenvalue weighted by Crippen LogP contribution is 2.14.